The van der Waals surface area contributed by atoms with Crippen LogP contribution in [0.15, 0.2) is 132 Å². The number of hydrogen-bond acceptors (Lipinski definition) is 1. The Morgan fingerprint density at radius 3 is 2.14 bits per heavy atom. The Kier molecular flexibility index (Phi) is 4.86. The van der Waals surface area contributed by atoms with Crippen LogP contribution in [0.1, 0.15) is 82.2 Å². The average molecular weight is 564 g/mol. The second-order valence-corrected chi connectivity index (χ2v) is 13.3. The van der Waals surface area contributed by atoms with Crippen LogP contribution in [-0.2, 0) is 11.8 Å². The predicted molar refractivity (Wildman–Crippen MR) is 181 cm³/mol. The van der Waals surface area contributed by atoms with Gasteiger partial charge in [0.15, 0.2) is 0 Å². The molecule has 0 N–H and O–H groups in total. The maximum Gasteiger partial charge on any atom is 0.0691 e. The molecule has 4 aliphatic carbocycles. The van der Waals surface area contributed by atoms with Gasteiger partial charge in [0, 0.05) is 11.6 Å². The normalized spacial score (nSPS) is 22.2. The molecule has 0 saturated carbocycles. The van der Waals surface area contributed by atoms with Crippen LogP contribution in [0.5, 0.6) is 0 Å². The topological polar surface area (TPSA) is 12.4 Å². The molecule has 210 valence electrons. The van der Waals surface area contributed by atoms with Gasteiger partial charge in [-0.2, -0.15) is 0 Å². The Morgan fingerprint density at radius 1 is 0.727 bits per heavy atom. The molecule has 1 heteroatoms. The van der Waals surface area contributed by atoms with Crippen molar-refractivity contribution < 1.29 is 0 Å². The van der Waals surface area contributed by atoms with Gasteiger partial charge < -0.3 is 0 Å². The van der Waals surface area contributed by atoms with E-state index in [2.05, 4.69) is 135 Å². The molecule has 0 fully saturated rings. The fraction of sp³-hybridized carbons (Fsp3) is 0.186. The zero-order valence-electron chi connectivity index (χ0n) is 25.1. The number of rotatable bonds is 2. The summed E-state index contributed by atoms with van der Waals surface area (Å²) in [5.74, 6) is 0.919. The first-order valence-electron chi connectivity index (χ1n) is 16.2. The average Bonchev–Trinajstić information content (AvgIpc) is 3.70. The number of fused-ring (bicyclic) bond motifs is 11. The smallest absolute Gasteiger partial charge is 0.0691 e. The molecule has 44 heavy (non-hydrogen) atoms. The van der Waals surface area contributed by atoms with Crippen LogP contribution in [-0.4, -0.2) is 5.71 Å². The highest BCUT2D eigenvalue weighted by Crippen LogP contribution is 2.65. The third-order valence-corrected chi connectivity index (χ3v) is 11.4. The molecular formula is C43H33N. The van der Waals surface area contributed by atoms with E-state index in [-0.39, 0.29) is 5.41 Å². The number of allylic oxidation sites excluding steroid dienone is 4. The Hall–Kier alpha value is -4.75. The first-order chi connectivity index (χ1) is 21.7. The lowest BCUT2D eigenvalue weighted by Crippen LogP contribution is -2.32. The molecule has 0 saturated heterocycles. The van der Waals surface area contributed by atoms with Gasteiger partial charge in [0.05, 0.1) is 17.0 Å². The van der Waals surface area contributed by atoms with Gasteiger partial charge in [-0.3, -0.25) is 4.99 Å². The molecule has 5 aromatic rings. The van der Waals surface area contributed by atoms with Gasteiger partial charge in [-0.1, -0.05) is 129 Å². The van der Waals surface area contributed by atoms with Crippen LogP contribution in [0.25, 0.3) is 16.7 Å². The van der Waals surface area contributed by atoms with E-state index in [1.54, 1.807) is 5.57 Å². The number of hydrogen-bond donors (Lipinski definition) is 0. The molecule has 5 aliphatic rings. The Labute approximate surface area is 259 Å². The summed E-state index contributed by atoms with van der Waals surface area (Å²) in [5, 5.41) is 0. The molecular weight excluding hydrogens is 530 g/mol. The highest BCUT2D eigenvalue weighted by molar-refractivity contribution is 6.02. The second-order valence-electron chi connectivity index (χ2n) is 13.3. The Bertz CT molecular complexity index is 2130. The molecule has 1 nitrogen and oxygen atoms in total. The van der Waals surface area contributed by atoms with E-state index in [4.69, 9.17) is 4.99 Å². The van der Waals surface area contributed by atoms with Crippen molar-refractivity contribution in [3.8, 4) is 11.1 Å². The van der Waals surface area contributed by atoms with Gasteiger partial charge in [0.25, 0.3) is 0 Å². The van der Waals surface area contributed by atoms with Crippen molar-refractivity contribution in [2.75, 3.05) is 0 Å². The first-order valence-corrected chi connectivity index (χ1v) is 16.2. The highest BCUT2D eigenvalue weighted by Gasteiger charge is 2.55. The lowest BCUT2D eigenvalue weighted by Gasteiger charge is -2.39. The third-order valence-electron chi connectivity index (χ3n) is 11.4. The van der Waals surface area contributed by atoms with Crippen LogP contribution < -0.4 is 0 Å². The standard InChI is InChI=1S/C43H33N/c1-3-38-41-34-24-27(20-19-26(34)23-28-11-10-18-39(44-38)40(28)41)29-21-22-33-32-14-6-9-17-37(32)43(42(33)25(29)2)35-15-7-4-12-30(35)31-13-5-8-16-36(31)43/h4-22,24-25,29,41H,3,23H2,1-2H3. The summed E-state index contributed by atoms with van der Waals surface area (Å²) in [5.41, 5.74) is 20.9. The largest absolute Gasteiger partial charge is 0.257 e. The van der Waals surface area contributed by atoms with Gasteiger partial charge in [-0.15, -0.1) is 0 Å². The van der Waals surface area contributed by atoms with E-state index in [9.17, 15) is 0 Å². The van der Waals surface area contributed by atoms with E-state index < -0.39 is 0 Å². The zero-order chi connectivity index (χ0) is 29.2. The monoisotopic (exact) mass is 563 g/mol. The minimum atomic E-state index is -0.267. The summed E-state index contributed by atoms with van der Waals surface area (Å²) in [6, 6.07) is 41.6. The molecule has 3 atom stereocenters. The van der Waals surface area contributed by atoms with Crippen molar-refractivity contribution in [3.63, 3.8) is 0 Å². The first kappa shape index (κ1) is 24.7. The Balaban J connectivity index is 1.15. The van der Waals surface area contributed by atoms with Gasteiger partial charge in [0.2, 0.25) is 0 Å². The molecule has 0 amide bonds. The summed E-state index contributed by atoms with van der Waals surface area (Å²) in [6.45, 7) is 4.75. The minimum absolute atomic E-state index is 0.267. The van der Waals surface area contributed by atoms with Crippen molar-refractivity contribution in [2.45, 2.75) is 43.9 Å². The molecule has 5 aromatic carbocycles. The molecule has 0 bridgehead atoms. The fourth-order valence-electron chi connectivity index (χ4n) is 9.71. The predicted octanol–water partition coefficient (Wildman–Crippen LogP) is 10.3. The quantitative estimate of drug-likeness (QED) is 0.203. The summed E-state index contributed by atoms with van der Waals surface area (Å²) in [6.07, 6.45) is 6.94. The van der Waals surface area contributed by atoms with Gasteiger partial charge in [-0.25, -0.2) is 0 Å². The lowest BCUT2D eigenvalue weighted by molar-refractivity contribution is 0.537. The van der Waals surface area contributed by atoms with E-state index >= 15 is 0 Å². The van der Waals surface area contributed by atoms with Gasteiger partial charge in [0.1, 0.15) is 0 Å². The molecule has 1 spiro atoms. The van der Waals surface area contributed by atoms with Crippen LogP contribution in [0.3, 0.4) is 0 Å². The van der Waals surface area contributed by atoms with Gasteiger partial charge >= 0.3 is 0 Å². The van der Waals surface area contributed by atoms with Crippen LogP contribution >= 0.6 is 0 Å². The second kappa shape index (κ2) is 8.67. The van der Waals surface area contributed by atoms with Crippen LogP contribution in [0.2, 0.25) is 0 Å². The van der Waals surface area contributed by atoms with Crippen molar-refractivity contribution in [2.24, 2.45) is 10.9 Å². The van der Waals surface area contributed by atoms with Crippen LogP contribution in [0.4, 0.5) is 5.69 Å². The van der Waals surface area contributed by atoms with Gasteiger partial charge in [-0.05, 0) is 97.2 Å². The van der Waals surface area contributed by atoms with Crippen molar-refractivity contribution in [1.29, 1.82) is 0 Å². The Morgan fingerprint density at radius 2 is 1.41 bits per heavy atom. The summed E-state index contributed by atoms with van der Waals surface area (Å²) in [7, 11) is 0. The zero-order valence-corrected chi connectivity index (χ0v) is 25.1. The highest BCUT2D eigenvalue weighted by atomic mass is 14.8. The minimum Gasteiger partial charge on any atom is -0.257 e. The number of aliphatic imine (C=N–C) groups is 1. The summed E-state index contributed by atoms with van der Waals surface area (Å²) in [4.78, 5) is 5.13. The SMILES string of the molecule is CCC1=Nc2cccc3c2C1c1cc(C2C=CC4=C(C2C)C2(c5ccccc54)c4ccccc4-c4ccccc42)ccc1C3. The van der Waals surface area contributed by atoms with E-state index in [1.165, 1.54) is 78.2 Å². The molecule has 0 aromatic heterocycles. The van der Waals surface area contributed by atoms with E-state index in [0.717, 1.165) is 12.8 Å². The molecule has 3 unspecified atom stereocenters. The van der Waals surface area contributed by atoms with Crippen molar-refractivity contribution >= 4 is 17.0 Å². The maximum atomic E-state index is 5.13. The van der Waals surface area contributed by atoms with E-state index in [0.29, 0.717) is 17.8 Å². The van der Waals surface area contributed by atoms with E-state index in [1.807, 2.05) is 0 Å². The number of benzene rings is 5. The fourth-order valence-corrected chi connectivity index (χ4v) is 9.71. The summed E-state index contributed by atoms with van der Waals surface area (Å²) >= 11 is 0. The maximum absolute atomic E-state index is 5.13. The lowest BCUT2D eigenvalue weighted by atomic mass is 9.62. The molecule has 1 heterocycles. The molecule has 1 aliphatic heterocycles. The number of nitrogens with zero attached hydrogens (tertiary/aromatic N) is 1. The molecule has 10 rings (SSSR count). The van der Waals surface area contributed by atoms with Crippen molar-refractivity contribution in [1.82, 2.24) is 0 Å². The third kappa shape index (κ3) is 2.89. The van der Waals surface area contributed by atoms with Crippen molar-refractivity contribution in [3.05, 3.63) is 177 Å². The van der Waals surface area contributed by atoms with Crippen LogP contribution in [0, 0.1) is 5.92 Å². The molecule has 0 radical (unpaired) electrons. The summed E-state index contributed by atoms with van der Waals surface area (Å²) < 4.78 is 0.